The van der Waals surface area contributed by atoms with Crippen LogP contribution >= 0.6 is 15.9 Å². The number of hydrogen-bond acceptors (Lipinski definition) is 4. The van der Waals surface area contributed by atoms with E-state index in [4.69, 9.17) is 4.74 Å². The molecule has 1 aromatic rings. The highest BCUT2D eigenvalue weighted by Crippen LogP contribution is 2.19. The minimum absolute atomic E-state index is 0.0644. The molecule has 0 heterocycles. The van der Waals surface area contributed by atoms with Crippen molar-refractivity contribution in [2.45, 2.75) is 51.2 Å². The van der Waals surface area contributed by atoms with E-state index >= 15 is 0 Å². The molecule has 0 unspecified atom stereocenters. The smallest absolute Gasteiger partial charge is 0.340 e. The molecule has 25 heavy (non-hydrogen) atoms. The van der Waals surface area contributed by atoms with Crippen LogP contribution in [0.1, 0.15) is 49.4 Å². The zero-order valence-electron chi connectivity index (χ0n) is 13.8. The summed E-state index contributed by atoms with van der Waals surface area (Å²) >= 11 is 3.06. The summed E-state index contributed by atoms with van der Waals surface area (Å²) in [7, 11) is 0. The van der Waals surface area contributed by atoms with Gasteiger partial charge in [-0.15, -0.1) is 0 Å². The number of imide groups is 1. The monoisotopic (exact) mass is 414 g/mol. The first-order valence-corrected chi connectivity index (χ1v) is 8.93. The third-order valence-corrected chi connectivity index (χ3v) is 4.64. The van der Waals surface area contributed by atoms with Gasteiger partial charge in [0.15, 0.2) is 6.10 Å². The summed E-state index contributed by atoms with van der Waals surface area (Å²) in [6, 6.07) is 2.96. The molecular formula is C17H20BrFN2O4. The molecule has 0 bridgehead atoms. The van der Waals surface area contributed by atoms with Gasteiger partial charge in [-0.2, -0.15) is 0 Å². The van der Waals surface area contributed by atoms with Crippen molar-refractivity contribution < 1.29 is 23.5 Å². The number of halogens is 2. The molecule has 1 atom stereocenters. The van der Waals surface area contributed by atoms with Gasteiger partial charge in [0.25, 0.3) is 5.91 Å². The Morgan fingerprint density at radius 1 is 1.24 bits per heavy atom. The second kappa shape index (κ2) is 8.94. The van der Waals surface area contributed by atoms with Gasteiger partial charge in [0.05, 0.1) is 5.56 Å². The zero-order chi connectivity index (χ0) is 18.4. The first-order valence-electron chi connectivity index (χ1n) is 8.14. The first-order chi connectivity index (χ1) is 11.9. The van der Waals surface area contributed by atoms with Crippen LogP contribution in [0, 0.1) is 5.82 Å². The maximum atomic E-state index is 13.0. The number of hydrogen-bond donors (Lipinski definition) is 2. The van der Waals surface area contributed by atoms with Crippen molar-refractivity contribution >= 4 is 33.8 Å². The van der Waals surface area contributed by atoms with E-state index in [0.29, 0.717) is 0 Å². The fourth-order valence-corrected chi connectivity index (χ4v) is 3.13. The lowest BCUT2D eigenvalue weighted by Gasteiger charge is -2.23. The highest BCUT2D eigenvalue weighted by molar-refractivity contribution is 9.10. The Morgan fingerprint density at radius 3 is 2.56 bits per heavy atom. The molecule has 136 valence electrons. The van der Waals surface area contributed by atoms with Crippen molar-refractivity contribution in [3.05, 3.63) is 34.1 Å². The molecule has 0 radical (unpaired) electrons. The molecule has 6 nitrogen and oxygen atoms in total. The molecule has 1 aromatic carbocycles. The van der Waals surface area contributed by atoms with Gasteiger partial charge in [-0.1, -0.05) is 19.3 Å². The largest absolute Gasteiger partial charge is 0.449 e. The van der Waals surface area contributed by atoms with Gasteiger partial charge in [-0.05, 0) is 53.9 Å². The number of benzene rings is 1. The van der Waals surface area contributed by atoms with Gasteiger partial charge in [-0.25, -0.2) is 14.0 Å². The Balaban J connectivity index is 1.84. The molecule has 0 saturated heterocycles. The molecule has 0 aliphatic heterocycles. The fraction of sp³-hybridized carbons (Fsp3) is 0.471. The van der Waals surface area contributed by atoms with Crippen LogP contribution in [0.2, 0.25) is 0 Å². The maximum absolute atomic E-state index is 13.0. The highest BCUT2D eigenvalue weighted by atomic mass is 79.9. The lowest BCUT2D eigenvalue weighted by Crippen LogP contribution is -2.48. The van der Waals surface area contributed by atoms with Crippen LogP contribution in [-0.2, 0) is 9.53 Å². The molecule has 1 saturated carbocycles. The van der Waals surface area contributed by atoms with Crippen LogP contribution in [0.15, 0.2) is 22.7 Å². The molecule has 1 aliphatic carbocycles. The summed E-state index contributed by atoms with van der Waals surface area (Å²) < 4.78 is 18.3. The number of amides is 3. The van der Waals surface area contributed by atoms with Crippen molar-refractivity contribution in [3.63, 3.8) is 0 Å². The predicted molar refractivity (Wildman–Crippen MR) is 92.5 cm³/mol. The molecule has 2 rings (SSSR count). The van der Waals surface area contributed by atoms with Gasteiger partial charge in [0.1, 0.15) is 5.82 Å². The predicted octanol–water partition coefficient (Wildman–Crippen LogP) is 3.29. The lowest BCUT2D eigenvalue weighted by molar-refractivity contribution is -0.127. The van der Waals surface area contributed by atoms with Crippen LogP contribution < -0.4 is 10.6 Å². The van der Waals surface area contributed by atoms with E-state index < -0.39 is 29.8 Å². The van der Waals surface area contributed by atoms with E-state index in [1.54, 1.807) is 0 Å². The van der Waals surface area contributed by atoms with Crippen LogP contribution in [0.4, 0.5) is 9.18 Å². The van der Waals surface area contributed by atoms with Gasteiger partial charge in [0, 0.05) is 10.5 Å². The number of carbonyl (C=O) groups is 3. The van der Waals surface area contributed by atoms with Crippen molar-refractivity contribution in [3.8, 4) is 0 Å². The average Bonchev–Trinajstić information content (AvgIpc) is 2.55. The normalized spacial score (nSPS) is 16.0. The summed E-state index contributed by atoms with van der Waals surface area (Å²) in [5.74, 6) is -2.02. The Kier molecular flexibility index (Phi) is 6.92. The zero-order valence-corrected chi connectivity index (χ0v) is 15.4. The van der Waals surface area contributed by atoms with Crippen LogP contribution in [0.5, 0.6) is 0 Å². The number of ether oxygens (including phenoxy) is 1. The SMILES string of the molecule is C[C@H](OC(=O)c1ccc(F)cc1Br)C(=O)NC(=O)NC1CCCCC1. The Bertz CT molecular complexity index is 662. The third-order valence-electron chi connectivity index (χ3n) is 3.98. The Morgan fingerprint density at radius 2 is 1.92 bits per heavy atom. The van der Waals surface area contributed by atoms with Crippen LogP contribution in [0.3, 0.4) is 0 Å². The number of urea groups is 1. The molecular weight excluding hydrogens is 395 g/mol. The molecule has 3 amide bonds. The Labute approximate surface area is 153 Å². The van der Waals surface area contributed by atoms with E-state index in [1.165, 1.54) is 13.0 Å². The lowest BCUT2D eigenvalue weighted by atomic mass is 9.96. The summed E-state index contributed by atoms with van der Waals surface area (Å²) in [5, 5.41) is 4.91. The van der Waals surface area contributed by atoms with Gasteiger partial charge < -0.3 is 10.1 Å². The minimum atomic E-state index is -1.17. The molecule has 1 fully saturated rings. The number of esters is 1. The maximum Gasteiger partial charge on any atom is 0.340 e. The summed E-state index contributed by atoms with van der Waals surface area (Å²) in [4.78, 5) is 35.9. The highest BCUT2D eigenvalue weighted by Gasteiger charge is 2.23. The number of carbonyl (C=O) groups excluding carboxylic acids is 3. The summed E-state index contributed by atoms with van der Waals surface area (Å²) in [5.41, 5.74) is 0.0905. The van der Waals surface area contributed by atoms with Crippen LogP contribution in [-0.4, -0.2) is 30.1 Å². The molecule has 0 spiro atoms. The second-order valence-corrected chi connectivity index (χ2v) is 6.82. The van der Waals surface area contributed by atoms with Crippen molar-refractivity contribution in [1.82, 2.24) is 10.6 Å². The van der Waals surface area contributed by atoms with Crippen molar-refractivity contribution in [2.75, 3.05) is 0 Å². The number of rotatable bonds is 4. The average molecular weight is 415 g/mol. The summed E-state index contributed by atoms with van der Waals surface area (Å²) in [6.45, 7) is 1.36. The van der Waals surface area contributed by atoms with Crippen molar-refractivity contribution in [1.29, 1.82) is 0 Å². The summed E-state index contributed by atoms with van der Waals surface area (Å²) in [6.07, 6.45) is 3.89. The molecule has 8 heteroatoms. The van der Waals surface area contributed by atoms with Crippen LogP contribution in [0.25, 0.3) is 0 Å². The third kappa shape index (κ3) is 5.81. The van der Waals surface area contributed by atoms with Crippen molar-refractivity contribution in [2.24, 2.45) is 0 Å². The van der Waals surface area contributed by atoms with Gasteiger partial charge in [-0.3, -0.25) is 10.1 Å². The number of nitrogens with one attached hydrogen (secondary N) is 2. The van der Waals surface area contributed by atoms with E-state index in [9.17, 15) is 18.8 Å². The minimum Gasteiger partial charge on any atom is -0.449 e. The van der Waals surface area contributed by atoms with E-state index in [2.05, 4.69) is 26.6 Å². The quantitative estimate of drug-likeness (QED) is 0.740. The van der Waals surface area contributed by atoms with E-state index in [0.717, 1.165) is 44.2 Å². The molecule has 0 aromatic heterocycles. The van der Waals surface area contributed by atoms with Gasteiger partial charge in [0.2, 0.25) is 0 Å². The topological polar surface area (TPSA) is 84.5 Å². The second-order valence-electron chi connectivity index (χ2n) is 5.97. The molecule has 1 aliphatic rings. The van der Waals surface area contributed by atoms with E-state index in [-0.39, 0.29) is 16.1 Å². The molecule has 2 N–H and O–H groups in total. The first kappa shape index (κ1) is 19.4. The standard InChI is InChI=1S/C17H20BrFN2O4/c1-10(25-16(23)13-8-7-11(19)9-14(13)18)15(22)21-17(24)20-12-5-3-2-4-6-12/h7-10,12H,2-6H2,1H3,(H2,20,21,22,24)/t10-/m0/s1. The van der Waals surface area contributed by atoms with E-state index in [1.807, 2.05) is 0 Å². The Hall–Kier alpha value is -1.96. The fourth-order valence-electron chi connectivity index (χ4n) is 2.61. The van der Waals surface area contributed by atoms with Gasteiger partial charge >= 0.3 is 12.0 Å².